The zero-order valence-corrected chi connectivity index (χ0v) is 17.0. The standard InChI is InChI=1S/C20H19BrN4O3/c1-13(15-8-10-16(21)11-9-15)22-18(26)12-28-20(27)19-14(2)23-25(24-19)17-6-4-3-5-7-17/h3-11,13H,12H2,1-2H3,(H,22,26). The van der Waals surface area contributed by atoms with E-state index in [0.29, 0.717) is 5.69 Å². The lowest BCUT2D eigenvalue weighted by molar-refractivity contribution is -0.124. The van der Waals surface area contributed by atoms with E-state index >= 15 is 0 Å². The molecule has 0 bridgehead atoms. The van der Waals surface area contributed by atoms with Gasteiger partial charge < -0.3 is 10.1 Å². The monoisotopic (exact) mass is 442 g/mol. The molecule has 3 rings (SSSR count). The number of nitrogens with one attached hydrogen (secondary N) is 1. The molecule has 144 valence electrons. The van der Waals surface area contributed by atoms with Gasteiger partial charge in [0.05, 0.1) is 17.4 Å². The second-order valence-corrected chi connectivity index (χ2v) is 7.09. The number of hydrogen-bond donors (Lipinski definition) is 1. The number of esters is 1. The number of carbonyl (C=O) groups is 2. The van der Waals surface area contributed by atoms with E-state index in [1.807, 2.05) is 61.5 Å². The van der Waals surface area contributed by atoms with Crippen LogP contribution in [0.4, 0.5) is 0 Å². The van der Waals surface area contributed by atoms with Crippen molar-refractivity contribution in [3.63, 3.8) is 0 Å². The first-order valence-corrected chi connectivity index (χ1v) is 9.44. The number of hydrogen-bond acceptors (Lipinski definition) is 5. The number of amides is 1. The number of benzene rings is 2. The SMILES string of the molecule is Cc1nn(-c2ccccc2)nc1C(=O)OCC(=O)NC(C)c1ccc(Br)cc1. The zero-order valence-electron chi connectivity index (χ0n) is 15.4. The molecule has 7 nitrogen and oxygen atoms in total. The number of halogens is 1. The van der Waals surface area contributed by atoms with Crippen molar-refractivity contribution in [3.05, 3.63) is 76.0 Å². The highest BCUT2D eigenvalue weighted by atomic mass is 79.9. The van der Waals surface area contributed by atoms with Gasteiger partial charge in [0.1, 0.15) is 0 Å². The van der Waals surface area contributed by atoms with E-state index in [2.05, 4.69) is 31.4 Å². The summed E-state index contributed by atoms with van der Waals surface area (Å²) in [6, 6.07) is 16.6. The molecular weight excluding hydrogens is 424 g/mol. The van der Waals surface area contributed by atoms with Crippen LogP contribution in [0, 0.1) is 6.92 Å². The number of nitrogens with zero attached hydrogens (tertiary/aromatic N) is 3. The van der Waals surface area contributed by atoms with Crippen molar-refractivity contribution < 1.29 is 14.3 Å². The Hall–Kier alpha value is -3.00. The minimum atomic E-state index is -0.689. The Balaban J connectivity index is 1.57. The lowest BCUT2D eigenvalue weighted by Crippen LogP contribution is -2.31. The van der Waals surface area contributed by atoms with Crippen LogP contribution in [-0.4, -0.2) is 33.5 Å². The molecule has 1 amide bonds. The van der Waals surface area contributed by atoms with Crippen molar-refractivity contribution in [2.45, 2.75) is 19.9 Å². The van der Waals surface area contributed by atoms with E-state index in [1.165, 1.54) is 4.80 Å². The first-order chi connectivity index (χ1) is 13.4. The van der Waals surface area contributed by atoms with E-state index in [-0.39, 0.29) is 11.7 Å². The highest BCUT2D eigenvalue weighted by molar-refractivity contribution is 9.10. The molecule has 28 heavy (non-hydrogen) atoms. The molecule has 0 saturated carbocycles. The Kier molecular flexibility index (Phi) is 6.20. The molecule has 1 aromatic heterocycles. The number of aromatic nitrogens is 3. The predicted octanol–water partition coefficient (Wildman–Crippen LogP) is 3.37. The van der Waals surface area contributed by atoms with Crippen LogP contribution in [-0.2, 0) is 9.53 Å². The number of ether oxygens (including phenoxy) is 1. The fraction of sp³-hybridized carbons (Fsp3) is 0.200. The first-order valence-electron chi connectivity index (χ1n) is 8.65. The molecule has 0 fully saturated rings. The molecule has 1 unspecified atom stereocenters. The highest BCUT2D eigenvalue weighted by Crippen LogP contribution is 2.16. The van der Waals surface area contributed by atoms with E-state index in [1.54, 1.807) is 6.92 Å². The average molecular weight is 443 g/mol. The topological polar surface area (TPSA) is 86.1 Å². The first kappa shape index (κ1) is 19.8. The van der Waals surface area contributed by atoms with Crippen molar-refractivity contribution >= 4 is 27.8 Å². The number of carbonyl (C=O) groups excluding carboxylic acids is 2. The third-order valence-corrected chi connectivity index (χ3v) is 4.57. The molecule has 0 aliphatic rings. The van der Waals surface area contributed by atoms with Gasteiger partial charge in [-0.2, -0.15) is 9.90 Å². The second kappa shape index (κ2) is 8.79. The maximum Gasteiger partial charge on any atom is 0.361 e. The maximum absolute atomic E-state index is 12.3. The zero-order chi connectivity index (χ0) is 20.1. The van der Waals surface area contributed by atoms with E-state index < -0.39 is 18.5 Å². The van der Waals surface area contributed by atoms with Crippen LogP contribution in [0.2, 0.25) is 0 Å². The molecule has 1 N–H and O–H groups in total. The van der Waals surface area contributed by atoms with Gasteiger partial charge in [-0.25, -0.2) is 4.79 Å². The molecule has 0 radical (unpaired) electrons. The summed E-state index contributed by atoms with van der Waals surface area (Å²) in [6.45, 7) is 3.13. The fourth-order valence-corrected chi connectivity index (χ4v) is 2.83. The maximum atomic E-state index is 12.3. The summed E-state index contributed by atoms with van der Waals surface area (Å²) in [4.78, 5) is 25.7. The summed E-state index contributed by atoms with van der Waals surface area (Å²) in [7, 11) is 0. The average Bonchev–Trinajstić information content (AvgIpc) is 3.09. The minimum absolute atomic E-state index is 0.0811. The normalized spacial score (nSPS) is 11.7. The van der Waals surface area contributed by atoms with Gasteiger partial charge in [0.15, 0.2) is 12.3 Å². The van der Waals surface area contributed by atoms with Gasteiger partial charge in [0, 0.05) is 4.47 Å². The molecule has 1 heterocycles. The fourth-order valence-electron chi connectivity index (χ4n) is 2.56. The minimum Gasteiger partial charge on any atom is -0.451 e. The third kappa shape index (κ3) is 4.83. The van der Waals surface area contributed by atoms with Crippen molar-refractivity contribution in [3.8, 4) is 5.69 Å². The van der Waals surface area contributed by atoms with Gasteiger partial charge >= 0.3 is 5.97 Å². The smallest absolute Gasteiger partial charge is 0.361 e. The predicted molar refractivity (Wildman–Crippen MR) is 107 cm³/mol. The van der Waals surface area contributed by atoms with Crippen molar-refractivity contribution in [1.29, 1.82) is 0 Å². The molecule has 0 aliphatic carbocycles. The lowest BCUT2D eigenvalue weighted by Gasteiger charge is -2.14. The summed E-state index contributed by atoms with van der Waals surface area (Å²) in [5.41, 5.74) is 2.19. The Morgan fingerprint density at radius 1 is 1.11 bits per heavy atom. The third-order valence-electron chi connectivity index (χ3n) is 4.04. The number of para-hydroxylation sites is 1. The van der Waals surface area contributed by atoms with Crippen molar-refractivity contribution in [1.82, 2.24) is 20.3 Å². The largest absolute Gasteiger partial charge is 0.451 e. The van der Waals surface area contributed by atoms with Gasteiger partial charge in [-0.3, -0.25) is 4.79 Å². The molecule has 8 heteroatoms. The molecule has 1 atom stereocenters. The van der Waals surface area contributed by atoms with Crippen LogP contribution in [0.5, 0.6) is 0 Å². The van der Waals surface area contributed by atoms with E-state index in [4.69, 9.17) is 4.74 Å². The van der Waals surface area contributed by atoms with Crippen molar-refractivity contribution in [2.24, 2.45) is 0 Å². The van der Waals surface area contributed by atoms with Gasteiger partial charge in [0.25, 0.3) is 5.91 Å². The van der Waals surface area contributed by atoms with Crippen LogP contribution >= 0.6 is 15.9 Å². The second-order valence-electron chi connectivity index (χ2n) is 6.18. The molecule has 2 aromatic carbocycles. The van der Waals surface area contributed by atoms with Gasteiger partial charge in [-0.1, -0.05) is 46.3 Å². The quantitative estimate of drug-likeness (QED) is 0.591. The Morgan fingerprint density at radius 2 is 1.79 bits per heavy atom. The van der Waals surface area contributed by atoms with Crippen LogP contribution in [0.15, 0.2) is 59.1 Å². The van der Waals surface area contributed by atoms with Crippen LogP contribution < -0.4 is 5.32 Å². The van der Waals surface area contributed by atoms with Crippen LogP contribution in [0.1, 0.15) is 34.7 Å². The Bertz CT molecular complexity index is 971. The molecular formula is C20H19BrN4O3. The number of rotatable bonds is 6. The summed E-state index contributed by atoms with van der Waals surface area (Å²) in [5.74, 6) is -1.08. The summed E-state index contributed by atoms with van der Waals surface area (Å²) < 4.78 is 6.06. The summed E-state index contributed by atoms with van der Waals surface area (Å²) in [5, 5.41) is 11.2. The number of aryl methyl sites for hydroxylation is 1. The summed E-state index contributed by atoms with van der Waals surface area (Å²) >= 11 is 3.37. The Morgan fingerprint density at radius 3 is 2.46 bits per heavy atom. The van der Waals surface area contributed by atoms with Crippen LogP contribution in [0.3, 0.4) is 0 Å². The molecule has 0 saturated heterocycles. The molecule has 0 aliphatic heterocycles. The van der Waals surface area contributed by atoms with Crippen molar-refractivity contribution in [2.75, 3.05) is 6.61 Å². The Labute approximate surface area is 170 Å². The van der Waals surface area contributed by atoms with Crippen LogP contribution in [0.25, 0.3) is 5.69 Å². The molecule has 0 spiro atoms. The molecule has 3 aromatic rings. The summed E-state index contributed by atoms with van der Waals surface area (Å²) in [6.07, 6.45) is 0. The van der Waals surface area contributed by atoms with Gasteiger partial charge in [-0.15, -0.1) is 5.10 Å². The van der Waals surface area contributed by atoms with Gasteiger partial charge in [0.2, 0.25) is 0 Å². The lowest BCUT2D eigenvalue weighted by atomic mass is 10.1. The van der Waals surface area contributed by atoms with E-state index in [0.717, 1.165) is 15.7 Å². The highest BCUT2D eigenvalue weighted by Gasteiger charge is 2.19. The van der Waals surface area contributed by atoms with Gasteiger partial charge in [-0.05, 0) is 43.7 Å². The van der Waals surface area contributed by atoms with E-state index in [9.17, 15) is 9.59 Å².